The highest BCUT2D eigenvalue weighted by Crippen LogP contribution is 2.68. The number of aliphatic carboxylic acids is 3. The molecule has 8 nitrogen and oxygen atoms in total. The van der Waals surface area contributed by atoms with E-state index in [1.54, 1.807) is 0 Å². The molecule has 58 heavy (non-hydrogen) atoms. The van der Waals surface area contributed by atoms with E-state index in [0.29, 0.717) is 18.8 Å². The standard InChI is InChI=1S/C13H18O2.C8H12O2.2C7H11F3O.C6H9F3O2/c14-13(15)10-5-8-4-9(10)12-7-2-1-6(3-7)11(8)12;9-8(10)7-4-5-1-2-6(7)3-5;2*1-4-6(3,5(2)11)7(8,9)10;1-3-5(2,4(10)11)6(7,8)9/h6-12H,1-5H2,(H,14,15);5-7H,1-4H2,(H,9,10);2*4H2,1-3H3;3H2,1-2H3,(H,10,11). The van der Waals surface area contributed by atoms with Gasteiger partial charge >= 0.3 is 36.4 Å². The Balaban J connectivity index is 0.000000253. The van der Waals surface area contributed by atoms with Gasteiger partial charge in [0.15, 0.2) is 5.41 Å². The normalized spacial score (nSPS) is 33.1. The zero-order valence-electron chi connectivity index (χ0n) is 34.5. The summed E-state index contributed by atoms with van der Waals surface area (Å²) in [5, 5.41) is 26.2. The molecular formula is C41H61F9O8. The fourth-order valence-electron chi connectivity index (χ4n) is 10.2. The van der Waals surface area contributed by atoms with Crippen molar-refractivity contribution in [2.45, 2.75) is 151 Å². The number of hydrogen-bond acceptors (Lipinski definition) is 5. The molecule has 6 saturated carbocycles. The molecule has 13 atom stereocenters. The molecule has 3 N–H and O–H groups in total. The van der Waals surface area contributed by atoms with Gasteiger partial charge in [0.1, 0.15) is 22.4 Å². The van der Waals surface area contributed by atoms with Crippen molar-refractivity contribution in [3.63, 3.8) is 0 Å². The zero-order valence-corrected chi connectivity index (χ0v) is 34.5. The number of halogens is 9. The van der Waals surface area contributed by atoms with Gasteiger partial charge in [-0.15, -0.1) is 0 Å². The van der Waals surface area contributed by atoms with Crippen LogP contribution < -0.4 is 0 Å². The summed E-state index contributed by atoms with van der Waals surface area (Å²) in [6.45, 7) is 8.37. The number of fused-ring (bicyclic) bond motifs is 11. The van der Waals surface area contributed by atoms with Crippen LogP contribution in [0, 0.1) is 75.4 Å². The Hall–Kier alpha value is -2.88. The van der Waals surface area contributed by atoms with E-state index < -0.39 is 70.7 Å². The van der Waals surface area contributed by atoms with Crippen LogP contribution in [0.25, 0.3) is 0 Å². The van der Waals surface area contributed by atoms with Crippen LogP contribution in [0.15, 0.2) is 0 Å². The molecule has 6 bridgehead atoms. The lowest BCUT2D eigenvalue weighted by Gasteiger charge is -2.37. The smallest absolute Gasteiger partial charge is 0.404 e. The zero-order chi connectivity index (χ0) is 45.1. The van der Waals surface area contributed by atoms with Crippen LogP contribution in [0.2, 0.25) is 0 Å². The summed E-state index contributed by atoms with van der Waals surface area (Å²) in [7, 11) is 0. The summed E-state index contributed by atoms with van der Waals surface area (Å²) < 4.78 is 109. The first-order valence-corrected chi connectivity index (χ1v) is 20.2. The molecule has 0 aromatic carbocycles. The maximum Gasteiger partial charge on any atom is 0.404 e. The minimum Gasteiger partial charge on any atom is -0.481 e. The molecule has 13 unspecified atom stereocenters. The summed E-state index contributed by atoms with van der Waals surface area (Å²) in [5.74, 6) is 1.80. The molecule has 0 aliphatic heterocycles. The molecule has 0 amide bonds. The third-order valence-electron chi connectivity index (χ3n) is 15.1. The molecular weight excluding hydrogens is 791 g/mol. The topological polar surface area (TPSA) is 146 Å². The number of ketones is 2. The molecule has 6 rings (SSSR count). The number of Topliss-reactive ketones (excluding diaryl/α,β-unsaturated/α-hetero) is 2. The second-order valence-electron chi connectivity index (χ2n) is 17.9. The predicted molar refractivity (Wildman–Crippen MR) is 194 cm³/mol. The van der Waals surface area contributed by atoms with E-state index in [4.69, 9.17) is 10.2 Å². The van der Waals surface area contributed by atoms with Crippen molar-refractivity contribution in [2.75, 3.05) is 0 Å². The second-order valence-corrected chi connectivity index (χ2v) is 17.9. The summed E-state index contributed by atoms with van der Waals surface area (Å²) in [6.07, 6.45) is -3.22. The monoisotopic (exact) mass is 852 g/mol. The van der Waals surface area contributed by atoms with Crippen molar-refractivity contribution < 1.29 is 78.8 Å². The van der Waals surface area contributed by atoms with Crippen molar-refractivity contribution in [3.8, 4) is 0 Å². The van der Waals surface area contributed by atoms with E-state index in [1.165, 1.54) is 65.7 Å². The van der Waals surface area contributed by atoms with Gasteiger partial charge in [-0.05, 0) is 153 Å². The molecule has 0 radical (unpaired) electrons. The van der Waals surface area contributed by atoms with Crippen LogP contribution in [0.4, 0.5) is 39.5 Å². The summed E-state index contributed by atoms with van der Waals surface area (Å²) in [5.41, 5.74) is -6.92. The Labute approximate surface area is 334 Å². The molecule has 0 saturated heterocycles. The maximum absolute atomic E-state index is 12.1. The quantitative estimate of drug-likeness (QED) is 0.162. The number of rotatable bonds is 8. The Morgan fingerprint density at radius 1 is 0.483 bits per heavy atom. The van der Waals surface area contributed by atoms with Gasteiger partial charge in [-0.2, -0.15) is 39.5 Å². The van der Waals surface area contributed by atoms with Crippen molar-refractivity contribution in [2.24, 2.45) is 75.4 Å². The number of carbonyl (C=O) groups excluding carboxylic acids is 2. The van der Waals surface area contributed by atoms with Crippen LogP contribution in [-0.2, 0) is 24.0 Å². The van der Waals surface area contributed by atoms with Crippen LogP contribution in [0.5, 0.6) is 0 Å². The average molecular weight is 853 g/mol. The number of carboxylic acids is 3. The van der Waals surface area contributed by atoms with E-state index in [-0.39, 0.29) is 24.7 Å². The Kier molecular flexibility index (Phi) is 16.6. The minimum atomic E-state index is -4.67. The minimum absolute atomic E-state index is 0.0127. The van der Waals surface area contributed by atoms with Crippen LogP contribution >= 0.6 is 0 Å². The van der Waals surface area contributed by atoms with Crippen LogP contribution in [-0.4, -0.2) is 63.3 Å². The summed E-state index contributed by atoms with van der Waals surface area (Å²) in [4.78, 5) is 53.2. The predicted octanol–water partition coefficient (Wildman–Crippen LogP) is 11.1. The van der Waals surface area contributed by atoms with E-state index in [9.17, 15) is 68.6 Å². The van der Waals surface area contributed by atoms with Gasteiger partial charge in [-0.3, -0.25) is 24.0 Å². The Bertz CT molecular complexity index is 1390. The third kappa shape index (κ3) is 10.5. The van der Waals surface area contributed by atoms with Gasteiger partial charge in [-0.1, -0.05) is 27.2 Å². The largest absolute Gasteiger partial charge is 0.481 e. The van der Waals surface area contributed by atoms with Gasteiger partial charge in [0.25, 0.3) is 0 Å². The highest BCUT2D eigenvalue weighted by atomic mass is 19.4. The molecule has 6 aliphatic rings. The van der Waals surface area contributed by atoms with Gasteiger partial charge < -0.3 is 15.3 Å². The van der Waals surface area contributed by atoms with Gasteiger partial charge in [0.05, 0.1) is 11.8 Å². The lowest BCUT2D eigenvalue weighted by atomic mass is 9.67. The van der Waals surface area contributed by atoms with Crippen LogP contribution in [0.3, 0.4) is 0 Å². The highest BCUT2D eigenvalue weighted by Gasteiger charge is 2.63. The molecule has 6 aliphatic carbocycles. The van der Waals surface area contributed by atoms with E-state index in [2.05, 4.69) is 0 Å². The molecule has 6 fully saturated rings. The first-order chi connectivity index (χ1) is 26.3. The SMILES string of the molecule is CCC(C)(C(=O)O)C(F)(F)F.CCC(C)(C(C)=O)C(F)(F)F.CCC(C)(C(C)=O)C(F)(F)F.O=C(O)C1CC2CC1C1C3CCC(C3)C21.O=C(O)C1CC2CCC1C2. The van der Waals surface area contributed by atoms with Gasteiger partial charge in [0, 0.05) is 0 Å². The third-order valence-corrected chi connectivity index (χ3v) is 15.1. The summed E-state index contributed by atoms with van der Waals surface area (Å²) in [6, 6.07) is 0. The van der Waals surface area contributed by atoms with Crippen molar-refractivity contribution in [3.05, 3.63) is 0 Å². The van der Waals surface area contributed by atoms with Gasteiger partial charge in [-0.25, -0.2) is 0 Å². The molecule has 0 spiro atoms. The number of carbonyl (C=O) groups is 5. The molecule has 336 valence electrons. The lowest BCUT2D eigenvalue weighted by molar-refractivity contribution is -0.227. The van der Waals surface area contributed by atoms with Crippen molar-refractivity contribution >= 4 is 29.5 Å². The molecule has 0 aromatic rings. The van der Waals surface area contributed by atoms with Crippen LogP contribution in [0.1, 0.15) is 132 Å². The summed E-state index contributed by atoms with van der Waals surface area (Å²) >= 11 is 0. The Morgan fingerprint density at radius 2 is 0.879 bits per heavy atom. The van der Waals surface area contributed by atoms with E-state index >= 15 is 0 Å². The fraction of sp³-hybridized carbons (Fsp3) is 0.878. The molecule has 0 heterocycles. The average Bonchev–Trinajstić information content (AvgIpc) is 3.97. The van der Waals surface area contributed by atoms with E-state index in [0.717, 1.165) is 76.0 Å². The number of alkyl halides is 9. The van der Waals surface area contributed by atoms with Gasteiger partial charge in [0.2, 0.25) is 0 Å². The second kappa shape index (κ2) is 18.8. The molecule has 0 aromatic heterocycles. The lowest BCUT2D eigenvalue weighted by Crippen LogP contribution is -2.41. The first-order valence-electron chi connectivity index (χ1n) is 20.2. The van der Waals surface area contributed by atoms with Crippen molar-refractivity contribution in [1.82, 2.24) is 0 Å². The molecule has 17 heteroatoms. The number of hydrogen-bond donors (Lipinski definition) is 3. The maximum atomic E-state index is 12.1. The van der Waals surface area contributed by atoms with Crippen molar-refractivity contribution in [1.29, 1.82) is 0 Å². The van der Waals surface area contributed by atoms with E-state index in [1.807, 2.05) is 0 Å². The highest BCUT2D eigenvalue weighted by molar-refractivity contribution is 5.83. The number of carboxylic acid groups (broad SMARTS) is 3. The fourth-order valence-corrected chi connectivity index (χ4v) is 10.2. The first kappa shape index (κ1) is 51.3. The Morgan fingerprint density at radius 3 is 1.12 bits per heavy atom.